The average Bonchev–Trinajstić information content (AvgIpc) is 2.95. The number of thiocarbonyl (C=S) groups is 1. The number of rotatable bonds is 20. The first kappa shape index (κ1) is 36.6. The predicted molar refractivity (Wildman–Crippen MR) is 178 cm³/mol. The molecule has 0 saturated heterocycles. The summed E-state index contributed by atoms with van der Waals surface area (Å²) in [5, 5.41) is 3.21. The van der Waals surface area contributed by atoms with Crippen molar-refractivity contribution in [3.8, 4) is 5.75 Å². The molecule has 8 heteroatoms. The largest absolute Gasteiger partial charge is 0.491 e. The van der Waals surface area contributed by atoms with E-state index in [0.29, 0.717) is 17.0 Å². The number of nitrogens with one attached hydrogen (secondary N) is 1. The van der Waals surface area contributed by atoms with Crippen LogP contribution in [0.2, 0.25) is 0 Å². The molecule has 0 radical (unpaired) electrons. The summed E-state index contributed by atoms with van der Waals surface area (Å²) >= 11 is 5.63. The summed E-state index contributed by atoms with van der Waals surface area (Å²) in [5.74, 6) is 0.126. The molecule has 1 amide bonds. The highest BCUT2D eigenvalue weighted by atomic mass is 32.1. The van der Waals surface area contributed by atoms with Crippen LogP contribution in [0.5, 0.6) is 5.75 Å². The van der Waals surface area contributed by atoms with Gasteiger partial charge in [-0.25, -0.2) is 14.5 Å². The lowest BCUT2D eigenvalue weighted by atomic mass is 9.88. The van der Waals surface area contributed by atoms with Crippen molar-refractivity contribution in [2.75, 3.05) is 13.2 Å². The molecule has 1 atom stereocenters. The Bertz CT molecular complexity index is 1050. The molecule has 1 heterocycles. The molecule has 0 aromatic heterocycles. The fourth-order valence-corrected chi connectivity index (χ4v) is 6.01. The molecule has 7 nitrogen and oxygen atoms in total. The van der Waals surface area contributed by atoms with Crippen LogP contribution in [0.1, 0.15) is 142 Å². The number of hydrogen-bond donors (Lipinski definition) is 1. The molecule has 1 aromatic rings. The van der Waals surface area contributed by atoms with Gasteiger partial charge in [-0.2, -0.15) is 0 Å². The summed E-state index contributed by atoms with van der Waals surface area (Å²) in [7, 11) is 0. The number of benzene rings is 1. The number of carbonyl (C=O) groups is 2. The molecule has 1 aliphatic rings. The van der Waals surface area contributed by atoms with Crippen molar-refractivity contribution in [3.05, 3.63) is 40.6 Å². The lowest BCUT2D eigenvalue weighted by molar-refractivity contribution is -0.139. The van der Waals surface area contributed by atoms with E-state index in [0.717, 1.165) is 30.4 Å². The van der Waals surface area contributed by atoms with Crippen LogP contribution in [0.4, 0.5) is 4.79 Å². The number of hydrogen-bond acceptors (Lipinski definition) is 6. The zero-order chi connectivity index (χ0) is 31.6. The number of nitrogens with zero attached hydrogens (tertiary/aromatic N) is 1. The molecule has 1 aliphatic heterocycles. The second kappa shape index (κ2) is 20.4. The van der Waals surface area contributed by atoms with E-state index in [1.165, 1.54) is 75.5 Å². The van der Waals surface area contributed by atoms with Gasteiger partial charge in [0.05, 0.1) is 24.9 Å². The number of ether oxygens (including phenoxy) is 3. The summed E-state index contributed by atoms with van der Waals surface area (Å²) in [6, 6.07) is 5.11. The topological polar surface area (TPSA) is 77.1 Å². The van der Waals surface area contributed by atoms with Crippen LogP contribution in [0.3, 0.4) is 0 Å². The quantitative estimate of drug-likeness (QED) is 0.0888. The summed E-state index contributed by atoms with van der Waals surface area (Å²) in [4.78, 5) is 28.0. The van der Waals surface area contributed by atoms with E-state index in [4.69, 9.17) is 26.4 Å². The molecular formula is C35H56N2O5S. The number of unbranched alkanes of at least 4 members (excludes halogenated alkanes) is 12. The Kier molecular flexibility index (Phi) is 17.3. The summed E-state index contributed by atoms with van der Waals surface area (Å²) in [5.41, 5.74) is 2.67. The zero-order valence-corrected chi connectivity index (χ0v) is 28.4. The Morgan fingerprint density at radius 2 is 1.42 bits per heavy atom. The van der Waals surface area contributed by atoms with Crippen molar-refractivity contribution in [1.82, 2.24) is 10.2 Å². The first-order chi connectivity index (χ1) is 20.8. The van der Waals surface area contributed by atoms with Crippen LogP contribution in [0.15, 0.2) is 29.5 Å². The molecule has 2 rings (SSSR count). The van der Waals surface area contributed by atoms with Crippen LogP contribution >= 0.6 is 12.2 Å². The monoisotopic (exact) mass is 616 g/mol. The Morgan fingerprint density at radius 1 is 0.860 bits per heavy atom. The SMILES string of the molecule is CCCCCCCCCCCCCCCc1cccc(OC(C)C)c1C1C(C(=O)OCC)=C(C)NC(=S)N1C(=O)OCC. The minimum absolute atomic E-state index is 0.105. The van der Waals surface area contributed by atoms with E-state index in [1.807, 2.05) is 26.0 Å². The highest BCUT2D eigenvalue weighted by Gasteiger charge is 2.43. The third kappa shape index (κ3) is 11.8. The van der Waals surface area contributed by atoms with Crippen molar-refractivity contribution in [2.45, 2.75) is 144 Å². The van der Waals surface area contributed by atoms with E-state index in [2.05, 4.69) is 18.3 Å². The first-order valence-corrected chi connectivity index (χ1v) is 17.1. The van der Waals surface area contributed by atoms with Gasteiger partial charge in [0.15, 0.2) is 5.11 Å². The van der Waals surface area contributed by atoms with E-state index < -0.39 is 18.1 Å². The predicted octanol–water partition coefficient (Wildman–Crippen LogP) is 9.33. The molecule has 0 fully saturated rings. The average molecular weight is 617 g/mol. The van der Waals surface area contributed by atoms with E-state index in [9.17, 15) is 9.59 Å². The zero-order valence-electron chi connectivity index (χ0n) is 27.6. The normalized spacial score (nSPS) is 15.1. The number of aryl methyl sites for hydroxylation is 1. The van der Waals surface area contributed by atoms with Crippen molar-refractivity contribution < 1.29 is 23.8 Å². The van der Waals surface area contributed by atoms with Gasteiger partial charge in [-0.1, -0.05) is 96.1 Å². The van der Waals surface area contributed by atoms with Gasteiger partial charge in [0, 0.05) is 11.3 Å². The molecule has 1 N–H and O–H groups in total. The fraction of sp³-hybridized carbons (Fsp3) is 0.686. The Labute approximate surface area is 266 Å². The van der Waals surface area contributed by atoms with Crippen molar-refractivity contribution in [3.63, 3.8) is 0 Å². The van der Waals surface area contributed by atoms with Crippen LogP contribution in [0, 0.1) is 0 Å². The number of amides is 1. The van der Waals surface area contributed by atoms with E-state index in [-0.39, 0.29) is 24.4 Å². The van der Waals surface area contributed by atoms with Gasteiger partial charge >= 0.3 is 12.1 Å². The van der Waals surface area contributed by atoms with Gasteiger partial charge < -0.3 is 19.5 Å². The molecule has 242 valence electrons. The second-order valence-electron chi connectivity index (χ2n) is 11.6. The number of esters is 1. The van der Waals surface area contributed by atoms with E-state index in [1.54, 1.807) is 20.8 Å². The Morgan fingerprint density at radius 3 is 1.95 bits per heavy atom. The lowest BCUT2D eigenvalue weighted by Crippen LogP contribution is -2.51. The maximum Gasteiger partial charge on any atom is 0.416 e. The minimum Gasteiger partial charge on any atom is -0.491 e. The minimum atomic E-state index is -0.834. The maximum absolute atomic E-state index is 13.4. The van der Waals surface area contributed by atoms with Gasteiger partial charge in [0.2, 0.25) is 0 Å². The molecule has 1 aromatic carbocycles. The first-order valence-electron chi connectivity index (χ1n) is 16.7. The summed E-state index contributed by atoms with van der Waals surface area (Å²) < 4.78 is 17.2. The lowest BCUT2D eigenvalue weighted by Gasteiger charge is -2.39. The fourth-order valence-electron chi connectivity index (χ4n) is 5.68. The molecule has 0 bridgehead atoms. The van der Waals surface area contributed by atoms with Gasteiger partial charge in [-0.15, -0.1) is 0 Å². The van der Waals surface area contributed by atoms with E-state index >= 15 is 0 Å². The molecule has 1 unspecified atom stereocenters. The van der Waals surface area contributed by atoms with Crippen LogP contribution < -0.4 is 10.1 Å². The van der Waals surface area contributed by atoms with Crippen molar-refractivity contribution >= 4 is 29.4 Å². The van der Waals surface area contributed by atoms with Crippen molar-refractivity contribution in [2.24, 2.45) is 0 Å². The van der Waals surface area contributed by atoms with Gasteiger partial charge in [0.1, 0.15) is 11.8 Å². The highest BCUT2D eigenvalue weighted by Crippen LogP contribution is 2.42. The third-order valence-electron chi connectivity index (χ3n) is 7.75. The number of carbonyl (C=O) groups excluding carboxylic acids is 2. The van der Waals surface area contributed by atoms with Gasteiger partial charge in [0.25, 0.3) is 0 Å². The third-order valence-corrected chi connectivity index (χ3v) is 8.05. The smallest absolute Gasteiger partial charge is 0.416 e. The van der Waals surface area contributed by atoms with Crippen LogP contribution in [0.25, 0.3) is 0 Å². The Balaban J connectivity index is 2.21. The summed E-state index contributed by atoms with van der Waals surface area (Å²) in [6.45, 7) is 11.9. The van der Waals surface area contributed by atoms with Crippen LogP contribution in [-0.4, -0.2) is 41.4 Å². The molecule has 0 aliphatic carbocycles. The van der Waals surface area contributed by atoms with Gasteiger partial charge in [-0.3, -0.25) is 0 Å². The molecular weight excluding hydrogens is 560 g/mol. The molecule has 0 spiro atoms. The van der Waals surface area contributed by atoms with Crippen molar-refractivity contribution in [1.29, 1.82) is 0 Å². The Hall–Kier alpha value is -2.61. The number of allylic oxidation sites excluding steroid dienone is 1. The standard InChI is InChI=1S/C35H56N2O5S/c1-7-10-11-12-13-14-15-16-17-18-19-20-21-23-28-24-22-25-29(42-26(4)5)31(28)32-30(33(38)40-8-2)27(6)36-34(43)37(32)35(39)41-9-3/h22,24-26,32H,7-21,23H2,1-6H3,(H,36,43). The maximum atomic E-state index is 13.4. The second-order valence-corrected chi connectivity index (χ2v) is 12.0. The highest BCUT2D eigenvalue weighted by molar-refractivity contribution is 7.80. The molecule has 0 saturated carbocycles. The van der Waals surface area contributed by atoms with Crippen LogP contribution in [-0.2, 0) is 20.7 Å². The molecule has 43 heavy (non-hydrogen) atoms. The van der Waals surface area contributed by atoms with Gasteiger partial charge in [-0.05, 0) is 71.3 Å². The summed E-state index contributed by atoms with van der Waals surface area (Å²) in [6.07, 6.45) is 16.8.